The maximum Gasteiger partial charge on any atom is 0.469 e. The summed E-state index contributed by atoms with van der Waals surface area (Å²) in [6, 6.07) is 0. The molecule has 124 valence electrons. The number of rotatable bonds is 5. The normalized spacial score (nSPS) is 12.4. The van der Waals surface area contributed by atoms with Crippen molar-refractivity contribution < 1.29 is 28.3 Å². The molecule has 0 radical (unpaired) electrons. The van der Waals surface area contributed by atoms with E-state index in [2.05, 4.69) is 18.0 Å². The lowest BCUT2D eigenvalue weighted by Gasteiger charge is -2.08. The van der Waals surface area contributed by atoms with Crippen LogP contribution in [0.25, 0.3) is 0 Å². The van der Waals surface area contributed by atoms with Crippen molar-refractivity contribution in [1.29, 1.82) is 0 Å². The molecule has 8 heteroatoms. The molecule has 0 fully saturated rings. The smallest absolute Gasteiger partial charge is 0.345 e. The van der Waals surface area contributed by atoms with E-state index in [0.717, 1.165) is 12.8 Å². The fraction of sp³-hybridized carbons (Fsp3) is 0.833. The monoisotopic (exact) mass is 332 g/mol. The summed E-state index contributed by atoms with van der Waals surface area (Å²) >= 11 is 0. The zero-order valence-electron chi connectivity index (χ0n) is 13.4. The van der Waals surface area contributed by atoms with Crippen LogP contribution in [0.4, 0.5) is 0 Å². The maximum atomic E-state index is 10.1. The molecule has 0 heterocycles. The molecular formula is C12H30O6P2. The number of hydrogen-bond acceptors (Lipinski definition) is 3. The van der Waals surface area contributed by atoms with Gasteiger partial charge in [0.15, 0.2) is 7.37 Å². The Morgan fingerprint density at radius 1 is 1.20 bits per heavy atom. The minimum atomic E-state index is -4.23. The largest absolute Gasteiger partial charge is 0.469 e. The van der Waals surface area contributed by atoms with Gasteiger partial charge in [-0.15, -0.1) is 6.58 Å². The Morgan fingerprint density at radius 2 is 1.50 bits per heavy atom. The van der Waals surface area contributed by atoms with Crippen molar-refractivity contribution in [2.45, 2.75) is 40.5 Å². The molecule has 6 nitrogen and oxygen atoms in total. The molecule has 0 saturated carbocycles. The van der Waals surface area contributed by atoms with Crippen molar-refractivity contribution in [2.24, 2.45) is 5.92 Å². The Morgan fingerprint density at radius 3 is 1.65 bits per heavy atom. The van der Waals surface area contributed by atoms with Crippen molar-refractivity contribution in [2.75, 3.05) is 19.9 Å². The maximum absolute atomic E-state index is 10.1. The van der Waals surface area contributed by atoms with Crippen LogP contribution in [0.15, 0.2) is 12.2 Å². The van der Waals surface area contributed by atoms with Gasteiger partial charge in [-0.3, -0.25) is 9.09 Å². The fourth-order valence-corrected chi connectivity index (χ4v) is 0.791. The van der Waals surface area contributed by atoms with E-state index in [9.17, 15) is 9.13 Å². The number of hydrogen-bond donors (Lipinski definition) is 3. The van der Waals surface area contributed by atoms with Gasteiger partial charge in [-0.2, -0.15) is 0 Å². The Bertz CT molecular complexity index is 323. The Balaban J connectivity index is -0.000000244. The third-order valence-electron chi connectivity index (χ3n) is 1.83. The Hall–Kier alpha value is 0.0400. The van der Waals surface area contributed by atoms with Gasteiger partial charge in [0, 0.05) is 13.3 Å². The lowest BCUT2D eigenvalue weighted by molar-refractivity contribution is 0.171. The van der Waals surface area contributed by atoms with Crippen LogP contribution >= 0.6 is 15.2 Å². The first-order chi connectivity index (χ1) is 8.72. The van der Waals surface area contributed by atoms with Gasteiger partial charge >= 0.3 is 7.82 Å². The molecule has 0 aromatic heterocycles. The molecule has 0 aliphatic carbocycles. The van der Waals surface area contributed by atoms with Crippen molar-refractivity contribution in [3.8, 4) is 0 Å². The highest BCUT2D eigenvalue weighted by Gasteiger charge is 2.14. The fourth-order valence-electron chi connectivity index (χ4n) is 0.342. The molecular weight excluding hydrogens is 302 g/mol. The van der Waals surface area contributed by atoms with Gasteiger partial charge in [0.2, 0.25) is 0 Å². The van der Waals surface area contributed by atoms with E-state index in [1.54, 1.807) is 0 Å². The quantitative estimate of drug-likeness (QED) is 0.524. The Labute approximate surface area is 122 Å². The summed E-state index contributed by atoms with van der Waals surface area (Å²) in [6.07, 6.45) is 1.97. The molecule has 3 N–H and O–H groups in total. The highest BCUT2D eigenvalue weighted by Crippen LogP contribution is 2.36. The topological polar surface area (TPSA) is 104 Å². The number of allylic oxidation sites excluding steroid dienone is 1. The summed E-state index contributed by atoms with van der Waals surface area (Å²) < 4.78 is 24.1. The third kappa shape index (κ3) is 52.0. The summed E-state index contributed by atoms with van der Waals surface area (Å²) in [5, 5.41) is 0. The molecule has 0 amide bonds. The lowest BCUT2D eigenvalue weighted by Crippen LogP contribution is -2.02. The predicted octanol–water partition coefficient (Wildman–Crippen LogP) is 3.63. The highest BCUT2D eigenvalue weighted by atomic mass is 31.2. The average Bonchev–Trinajstić information content (AvgIpc) is 2.23. The zero-order chi connectivity index (χ0) is 17.0. The van der Waals surface area contributed by atoms with E-state index < -0.39 is 15.2 Å². The van der Waals surface area contributed by atoms with E-state index in [0.29, 0.717) is 0 Å². The van der Waals surface area contributed by atoms with E-state index in [-0.39, 0.29) is 12.5 Å². The minimum absolute atomic E-state index is 0.126. The molecule has 0 saturated heterocycles. The lowest BCUT2D eigenvalue weighted by atomic mass is 10.1. The van der Waals surface area contributed by atoms with Crippen molar-refractivity contribution in [1.82, 2.24) is 0 Å². The van der Waals surface area contributed by atoms with Crippen LogP contribution in [-0.4, -0.2) is 34.6 Å². The second kappa shape index (κ2) is 12.8. The van der Waals surface area contributed by atoms with Gasteiger partial charge < -0.3 is 14.7 Å². The predicted molar refractivity (Wildman–Crippen MR) is 84.2 cm³/mol. The molecule has 1 atom stereocenters. The van der Waals surface area contributed by atoms with Gasteiger partial charge in [-0.25, -0.2) is 4.57 Å². The summed E-state index contributed by atoms with van der Waals surface area (Å²) in [6.45, 7) is 14.3. The second-order valence-electron chi connectivity index (χ2n) is 4.90. The molecule has 0 rings (SSSR count). The Kier molecular flexibility index (Phi) is 16.0. The van der Waals surface area contributed by atoms with E-state index in [1.165, 1.54) is 18.9 Å². The first-order valence-electron chi connectivity index (χ1n) is 6.35. The van der Waals surface area contributed by atoms with Crippen LogP contribution in [0.5, 0.6) is 0 Å². The van der Waals surface area contributed by atoms with Crippen molar-refractivity contribution >= 4 is 15.2 Å². The molecule has 20 heavy (non-hydrogen) atoms. The summed E-state index contributed by atoms with van der Waals surface area (Å²) in [7, 11) is -6.87. The first kappa shape index (κ1) is 25.0. The summed E-state index contributed by atoms with van der Waals surface area (Å²) in [4.78, 5) is 24.6. The van der Waals surface area contributed by atoms with Crippen molar-refractivity contribution in [3.63, 3.8) is 0 Å². The van der Waals surface area contributed by atoms with E-state index in [1.807, 2.05) is 20.8 Å². The summed E-state index contributed by atoms with van der Waals surface area (Å²) in [5.41, 5.74) is 1.25. The molecule has 0 aromatic carbocycles. The highest BCUT2D eigenvalue weighted by molar-refractivity contribution is 7.56. The molecule has 1 unspecified atom stereocenters. The van der Waals surface area contributed by atoms with Crippen LogP contribution in [0.3, 0.4) is 0 Å². The number of phosphoric ester groups is 1. The van der Waals surface area contributed by atoms with Gasteiger partial charge in [0.25, 0.3) is 0 Å². The second-order valence-corrected chi connectivity index (χ2v) is 8.73. The molecule has 0 aromatic rings. The average molecular weight is 332 g/mol. The first-order valence-corrected chi connectivity index (χ1v) is 10.4. The standard InChI is InChI=1S/C5H13O4P.C5H10.C2H7O2P/c1-3-5(2)4-9-10(6,7)8;1-4-5(2)3;1-5(2,3)4/h5H,3-4H2,1-2H3,(H2,6,7,8);2,4H2,1,3H3;1-2H3,(H,3,4). The van der Waals surface area contributed by atoms with Crippen LogP contribution in [0, 0.1) is 5.92 Å². The van der Waals surface area contributed by atoms with Crippen LogP contribution in [0.2, 0.25) is 0 Å². The molecule has 0 spiro atoms. The molecule has 0 bridgehead atoms. The number of phosphoric acid groups is 1. The third-order valence-corrected chi connectivity index (χ3v) is 2.31. The van der Waals surface area contributed by atoms with Gasteiger partial charge in [0.05, 0.1) is 6.61 Å². The van der Waals surface area contributed by atoms with Gasteiger partial charge in [0.1, 0.15) is 0 Å². The van der Waals surface area contributed by atoms with Gasteiger partial charge in [-0.05, 0) is 19.3 Å². The van der Waals surface area contributed by atoms with Crippen molar-refractivity contribution in [3.05, 3.63) is 12.2 Å². The minimum Gasteiger partial charge on any atom is -0.345 e. The van der Waals surface area contributed by atoms with Gasteiger partial charge in [-0.1, -0.05) is 32.8 Å². The van der Waals surface area contributed by atoms with E-state index in [4.69, 9.17) is 14.7 Å². The van der Waals surface area contributed by atoms with Crippen LogP contribution in [0.1, 0.15) is 40.5 Å². The van der Waals surface area contributed by atoms with Crippen LogP contribution in [-0.2, 0) is 13.7 Å². The zero-order valence-corrected chi connectivity index (χ0v) is 15.2. The molecule has 0 aliphatic rings. The SMILES string of the molecule is C=C(C)CC.CCC(C)COP(=O)(O)O.CP(C)(=O)O. The van der Waals surface area contributed by atoms with Crippen LogP contribution < -0.4 is 0 Å². The van der Waals surface area contributed by atoms with E-state index >= 15 is 0 Å². The summed E-state index contributed by atoms with van der Waals surface area (Å²) in [5.74, 6) is 0.202. The molecule has 0 aliphatic heterocycles.